The molecule has 0 atom stereocenters. The molecule has 0 bridgehead atoms. The van der Waals surface area contributed by atoms with Gasteiger partial charge in [-0.2, -0.15) is 0 Å². The first-order valence-electron chi connectivity index (χ1n) is 8.56. The Kier molecular flexibility index (Phi) is 5.40. The number of hydrogen-bond donors (Lipinski definition) is 0. The van der Waals surface area contributed by atoms with E-state index in [9.17, 15) is 9.18 Å². The van der Waals surface area contributed by atoms with Crippen LogP contribution in [0.1, 0.15) is 22.2 Å². The zero-order valence-corrected chi connectivity index (χ0v) is 16.5. The number of nitrogens with zero attached hydrogens (tertiary/aromatic N) is 2. The molecule has 4 rings (SSSR count). The summed E-state index contributed by atoms with van der Waals surface area (Å²) in [6, 6.07) is 14.2. The highest BCUT2D eigenvalue weighted by Crippen LogP contribution is 2.37. The number of esters is 1. The summed E-state index contributed by atoms with van der Waals surface area (Å²) >= 11 is 2.49. The van der Waals surface area contributed by atoms with Crippen molar-refractivity contribution in [2.45, 2.75) is 17.9 Å². The molecule has 8 heteroatoms. The second kappa shape index (κ2) is 8.12. The van der Waals surface area contributed by atoms with Gasteiger partial charge in [0, 0.05) is 21.4 Å². The Morgan fingerprint density at radius 2 is 2.00 bits per heavy atom. The Hall–Kier alpha value is -2.71. The molecular weight excluding hydrogens is 399 g/mol. The summed E-state index contributed by atoms with van der Waals surface area (Å²) in [6.45, 7) is 2.00. The van der Waals surface area contributed by atoms with E-state index in [1.54, 1.807) is 19.1 Å². The van der Waals surface area contributed by atoms with Gasteiger partial charge in [-0.1, -0.05) is 36.0 Å². The average molecular weight is 414 g/mol. The standard InChI is InChI=1S/C20H15FN2O3S2/c1-2-25-19(24)17-13(16-14(21)9-6-10-15(16)28-17)11-27-20-23-22-18(26-20)12-7-4-3-5-8-12/h3-10H,2,11H2,1H3. The summed E-state index contributed by atoms with van der Waals surface area (Å²) in [7, 11) is 0. The van der Waals surface area contributed by atoms with E-state index in [0.717, 1.165) is 5.56 Å². The summed E-state index contributed by atoms with van der Waals surface area (Å²) in [6.07, 6.45) is 0. The van der Waals surface area contributed by atoms with Gasteiger partial charge in [-0.05, 0) is 36.8 Å². The van der Waals surface area contributed by atoms with E-state index in [4.69, 9.17) is 9.15 Å². The maximum Gasteiger partial charge on any atom is 0.348 e. The number of aromatic nitrogens is 2. The van der Waals surface area contributed by atoms with Crippen molar-refractivity contribution in [1.29, 1.82) is 0 Å². The van der Waals surface area contributed by atoms with Gasteiger partial charge < -0.3 is 9.15 Å². The van der Waals surface area contributed by atoms with Crippen molar-refractivity contribution in [3.63, 3.8) is 0 Å². The lowest BCUT2D eigenvalue weighted by molar-refractivity contribution is 0.0531. The van der Waals surface area contributed by atoms with Gasteiger partial charge in [-0.25, -0.2) is 9.18 Å². The summed E-state index contributed by atoms with van der Waals surface area (Å²) in [5.74, 6) is -0.0921. The molecule has 0 fully saturated rings. The largest absolute Gasteiger partial charge is 0.462 e. The highest BCUT2D eigenvalue weighted by Gasteiger charge is 2.22. The van der Waals surface area contributed by atoms with Gasteiger partial charge >= 0.3 is 5.97 Å². The van der Waals surface area contributed by atoms with Crippen molar-refractivity contribution in [3.05, 3.63) is 64.8 Å². The Labute approximate surface area is 168 Å². The highest BCUT2D eigenvalue weighted by atomic mass is 32.2. The van der Waals surface area contributed by atoms with Gasteiger partial charge in [-0.3, -0.25) is 0 Å². The SMILES string of the molecule is CCOC(=O)c1sc2cccc(F)c2c1CSc1nnc(-c2ccccc2)o1. The molecule has 2 heterocycles. The topological polar surface area (TPSA) is 65.2 Å². The molecule has 5 nitrogen and oxygen atoms in total. The second-order valence-corrected chi connectivity index (χ2v) is 7.75. The summed E-state index contributed by atoms with van der Waals surface area (Å²) < 4.78 is 26.0. The first-order valence-corrected chi connectivity index (χ1v) is 10.4. The van der Waals surface area contributed by atoms with E-state index in [1.807, 2.05) is 30.3 Å². The number of fused-ring (bicyclic) bond motifs is 1. The van der Waals surface area contributed by atoms with Crippen LogP contribution < -0.4 is 0 Å². The molecule has 0 saturated carbocycles. The molecule has 0 N–H and O–H groups in total. The van der Waals surface area contributed by atoms with Gasteiger partial charge in [0.15, 0.2) is 0 Å². The molecule has 28 heavy (non-hydrogen) atoms. The van der Waals surface area contributed by atoms with Crippen LogP contribution in [0.3, 0.4) is 0 Å². The van der Waals surface area contributed by atoms with Crippen LogP contribution in [-0.2, 0) is 10.5 Å². The van der Waals surface area contributed by atoms with E-state index in [0.29, 0.717) is 37.4 Å². The molecule has 2 aromatic heterocycles. The number of carbonyl (C=O) groups is 1. The Bertz CT molecular complexity index is 1130. The average Bonchev–Trinajstić information content (AvgIpc) is 3.33. The fourth-order valence-electron chi connectivity index (χ4n) is 2.77. The highest BCUT2D eigenvalue weighted by molar-refractivity contribution is 7.98. The van der Waals surface area contributed by atoms with Crippen molar-refractivity contribution >= 4 is 39.2 Å². The van der Waals surface area contributed by atoms with E-state index in [-0.39, 0.29) is 12.4 Å². The maximum atomic E-state index is 14.5. The van der Waals surface area contributed by atoms with Crippen molar-refractivity contribution in [2.75, 3.05) is 6.61 Å². The quantitative estimate of drug-likeness (QED) is 0.304. The maximum absolute atomic E-state index is 14.5. The molecule has 4 aromatic rings. The van der Waals surface area contributed by atoms with E-state index in [2.05, 4.69) is 10.2 Å². The Morgan fingerprint density at radius 3 is 2.79 bits per heavy atom. The number of halogens is 1. The molecule has 0 aliphatic carbocycles. The first kappa shape index (κ1) is 18.6. The van der Waals surface area contributed by atoms with E-state index >= 15 is 0 Å². The Balaban J connectivity index is 1.63. The summed E-state index contributed by atoms with van der Waals surface area (Å²) in [4.78, 5) is 12.8. The van der Waals surface area contributed by atoms with Crippen molar-refractivity contribution < 1.29 is 18.3 Å². The van der Waals surface area contributed by atoms with E-state index in [1.165, 1.54) is 29.2 Å². The third kappa shape index (κ3) is 3.65. The van der Waals surface area contributed by atoms with Crippen molar-refractivity contribution in [2.24, 2.45) is 0 Å². The molecule has 0 aliphatic rings. The number of benzene rings is 2. The summed E-state index contributed by atoms with van der Waals surface area (Å²) in [5, 5.41) is 8.88. The molecule has 142 valence electrons. The lowest BCUT2D eigenvalue weighted by Crippen LogP contribution is -2.05. The van der Waals surface area contributed by atoms with Crippen LogP contribution in [0.2, 0.25) is 0 Å². The van der Waals surface area contributed by atoms with Crippen LogP contribution in [0.15, 0.2) is 58.2 Å². The smallest absolute Gasteiger partial charge is 0.348 e. The Morgan fingerprint density at radius 1 is 1.18 bits per heavy atom. The van der Waals surface area contributed by atoms with Crippen LogP contribution in [-0.4, -0.2) is 22.8 Å². The van der Waals surface area contributed by atoms with Crippen LogP contribution >= 0.6 is 23.1 Å². The monoisotopic (exact) mass is 414 g/mol. The van der Waals surface area contributed by atoms with Gasteiger partial charge in [0.2, 0.25) is 5.89 Å². The fraction of sp³-hybridized carbons (Fsp3) is 0.150. The molecule has 0 unspecified atom stereocenters. The minimum absolute atomic E-state index is 0.256. The number of hydrogen-bond acceptors (Lipinski definition) is 7. The predicted octanol–water partition coefficient (Wildman–Crippen LogP) is 5.56. The molecule has 2 aromatic carbocycles. The van der Waals surface area contributed by atoms with Crippen LogP contribution in [0.5, 0.6) is 0 Å². The van der Waals surface area contributed by atoms with Crippen LogP contribution in [0, 0.1) is 5.82 Å². The molecular formula is C20H15FN2O3S2. The first-order chi connectivity index (χ1) is 13.7. The normalized spacial score (nSPS) is 11.1. The zero-order chi connectivity index (χ0) is 19.5. The fourth-order valence-corrected chi connectivity index (χ4v) is 4.78. The number of rotatable bonds is 6. The number of thioether (sulfide) groups is 1. The van der Waals surface area contributed by atoms with Crippen LogP contribution in [0.25, 0.3) is 21.5 Å². The van der Waals surface area contributed by atoms with Crippen molar-refractivity contribution in [3.8, 4) is 11.5 Å². The van der Waals surface area contributed by atoms with Gasteiger partial charge in [0.25, 0.3) is 5.22 Å². The van der Waals surface area contributed by atoms with Gasteiger partial charge in [0.1, 0.15) is 10.7 Å². The molecule has 0 aliphatic heterocycles. The lowest BCUT2D eigenvalue weighted by Gasteiger charge is -2.03. The number of ether oxygens (including phenoxy) is 1. The van der Waals surface area contributed by atoms with Crippen LogP contribution in [0.4, 0.5) is 4.39 Å². The summed E-state index contributed by atoms with van der Waals surface area (Å²) in [5.41, 5.74) is 1.40. The minimum atomic E-state index is -0.450. The molecule has 0 spiro atoms. The predicted molar refractivity (Wildman–Crippen MR) is 107 cm³/mol. The molecule has 0 radical (unpaired) electrons. The molecule has 0 amide bonds. The molecule has 0 saturated heterocycles. The minimum Gasteiger partial charge on any atom is -0.462 e. The second-order valence-electron chi connectivity index (χ2n) is 5.77. The van der Waals surface area contributed by atoms with Gasteiger partial charge in [-0.15, -0.1) is 21.5 Å². The van der Waals surface area contributed by atoms with Crippen molar-refractivity contribution in [1.82, 2.24) is 10.2 Å². The number of thiophene rings is 1. The van der Waals surface area contributed by atoms with Gasteiger partial charge in [0.05, 0.1) is 6.61 Å². The zero-order valence-electron chi connectivity index (χ0n) is 14.8. The lowest BCUT2D eigenvalue weighted by atomic mass is 10.1. The van der Waals surface area contributed by atoms with E-state index < -0.39 is 5.97 Å². The third-order valence-corrected chi connectivity index (χ3v) is 6.01. The third-order valence-electron chi connectivity index (χ3n) is 3.99. The number of carbonyl (C=O) groups excluding carboxylic acids is 1.